The van der Waals surface area contributed by atoms with Crippen molar-refractivity contribution in [3.05, 3.63) is 75.7 Å². The van der Waals surface area contributed by atoms with Gasteiger partial charge in [-0.1, -0.05) is 61.3 Å². The number of thioether (sulfide) groups is 1. The molecule has 3 aromatic heterocycles. The van der Waals surface area contributed by atoms with E-state index in [0.717, 1.165) is 46.4 Å². The number of hydrogen-bond donors (Lipinski definition) is 0. The lowest BCUT2D eigenvalue weighted by molar-refractivity contribution is 0.594. The molecule has 0 unspecified atom stereocenters. The van der Waals surface area contributed by atoms with Crippen molar-refractivity contribution in [2.24, 2.45) is 0 Å². The molecule has 3 heterocycles. The van der Waals surface area contributed by atoms with Crippen molar-refractivity contribution < 1.29 is 0 Å². The Labute approximate surface area is 194 Å². The summed E-state index contributed by atoms with van der Waals surface area (Å²) in [6.45, 7) is 2.79. The van der Waals surface area contributed by atoms with Gasteiger partial charge in [0.1, 0.15) is 0 Å². The molecular formula is C24H22ClN5OS. The van der Waals surface area contributed by atoms with Gasteiger partial charge in [0.2, 0.25) is 5.78 Å². The van der Waals surface area contributed by atoms with E-state index in [4.69, 9.17) is 11.6 Å². The third kappa shape index (κ3) is 3.65. The molecule has 0 aliphatic carbocycles. The Morgan fingerprint density at radius 2 is 1.84 bits per heavy atom. The Hall–Kier alpha value is -2.90. The van der Waals surface area contributed by atoms with Crippen molar-refractivity contribution in [1.29, 1.82) is 0 Å². The van der Waals surface area contributed by atoms with E-state index in [2.05, 4.69) is 22.1 Å². The number of unbranched alkanes of at least 4 members (excludes halogenated alkanes) is 2. The Morgan fingerprint density at radius 3 is 2.72 bits per heavy atom. The lowest BCUT2D eigenvalue weighted by Gasteiger charge is -2.11. The van der Waals surface area contributed by atoms with Crippen LogP contribution in [0.15, 0.2) is 64.7 Å². The minimum absolute atomic E-state index is 0.0129. The first-order valence-corrected chi connectivity index (χ1v) is 12.1. The van der Waals surface area contributed by atoms with Crippen LogP contribution in [0.5, 0.6) is 0 Å². The van der Waals surface area contributed by atoms with Gasteiger partial charge in [-0.3, -0.25) is 18.7 Å². The van der Waals surface area contributed by atoms with E-state index < -0.39 is 0 Å². The first-order chi connectivity index (χ1) is 15.7. The van der Waals surface area contributed by atoms with Crippen molar-refractivity contribution in [2.45, 2.75) is 43.6 Å². The van der Waals surface area contributed by atoms with Gasteiger partial charge in [0.15, 0.2) is 5.16 Å². The molecule has 0 radical (unpaired) electrons. The van der Waals surface area contributed by atoms with Gasteiger partial charge in [-0.2, -0.15) is 0 Å². The normalized spacial score (nSPS) is 11.7. The summed E-state index contributed by atoms with van der Waals surface area (Å²) < 4.78 is 3.76. The number of nitrogens with zero attached hydrogens (tertiary/aromatic N) is 5. The molecule has 0 saturated carbocycles. The van der Waals surface area contributed by atoms with Gasteiger partial charge in [-0.25, -0.2) is 0 Å². The summed E-state index contributed by atoms with van der Waals surface area (Å²) in [5.41, 5.74) is 2.78. The van der Waals surface area contributed by atoms with Crippen LogP contribution < -0.4 is 5.56 Å². The number of aromatic nitrogens is 5. The van der Waals surface area contributed by atoms with Crippen LogP contribution in [0.2, 0.25) is 5.02 Å². The van der Waals surface area contributed by atoms with Gasteiger partial charge in [-0.05, 0) is 42.3 Å². The number of para-hydroxylation sites is 1. The number of halogens is 1. The Morgan fingerprint density at radius 1 is 1.00 bits per heavy atom. The maximum Gasteiger partial charge on any atom is 0.262 e. The van der Waals surface area contributed by atoms with Gasteiger partial charge in [0, 0.05) is 28.9 Å². The van der Waals surface area contributed by atoms with Crippen LogP contribution >= 0.6 is 23.4 Å². The van der Waals surface area contributed by atoms with Crippen molar-refractivity contribution in [3.8, 4) is 0 Å². The molecule has 0 aliphatic rings. The molecule has 2 aromatic carbocycles. The average Bonchev–Trinajstić information content (AvgIpc) is 3.25. The minimum atomic E-state index is -0.0129. The maximum absolute atomic E-state index is 13.2. The SMILES string of the molecule is CCCCCn1c(=O)c2ccccc2n2c(SCc3ccc(Cl)c4cccnc34)nnc12. The monoisotopic (exact) mass is 463 g/mol. The Balaban J connectivity index is 1.59. The Bertz CT molecular complexity index is 1490. The Kier molecular flexibility index (Phi) is 5.85. The average molecular weight is 464 g/mol. The van der Waals surface area contributed by atoms with Crippen molar-refractivity contribution in [3.63, 3.8) is 0 Å². The fourth-order valence-corrected chi connectivity index (χ4v) is 5.14. The third-order valence-corrected chi connectivity index (χ3v) is 6.93. The zero-order valence-electron chi connectivity index (χ0n) is 17.7. The maximum atomic E-state index is 13.2. The summed E-state index contributed by atoms with van der Waals surface area (Å²) in [7, 11) is 0. The summed E-state index contributed by atoms with van der Waals surface area (Å²) in [6, 6.07) is 15.4. The molecule has 162 valence electrons. The molecule has 0 saturated heterocycles. The molecule has 0 fully saturated rings. The molecule has 0 atom stereocenters. The van der Waals surface area contributed by atoms with E-state index >= 15 is 0 Å². The number of aryl methyl sites for hydroxylation is 1. The quantitative estimate of drug-likeness (QED) is 0.228. The van der Waals surface area contributed by atoms with Crippen LogP contribution in [-0.2, 0) is 12.3 Å². The summed E-state index contributed by atoms with van der Waals surface area (Å²) in [5, 5.41) is 11.9. The van der Waals surface area contributed by atoms with Gasteiger partial charge >= 0.3 is 0 Å². The predicted octanol–water partition coefficient (Wildman–Crippen LogP) is 5.73. The summed E-state index contributed by atoms with van der Waals surface area (Å²) in [6.07, 6.45) is 4.87. The highest BCUT2D eigenvalue weighted by Crippen LogP contribution is 2.30. The molecule has 0 spiro atoms. The number of benzene rings is 2. The highest BCUT2D eigenvalue weighted by Gasteiger charge is 2.17. The molecular weight excluding hydrogens is 442 g/mol. The number of pyridine rings is 1. The topological polar surface area (TPSA) is 65.1 Å². The molecule has 5 aromatic rings. The van der Waals surface area contributed by atoms with Crippen LogP contribution in [-0.4, -0.2) is 24.1 Å². The first-order valence-electron chi connectivity index (χ1n) is 10.7. The zero-order valence-corrected chi connectivity index (χ0v) is 19.2. The molecule has 0 aliphatic heterocycles. The van der Waals surface area contributed by atoms with E-state index in [0.29, 0.717) is 28.5 Å². The lowest BCUT2D eigenvalue weighted by Crippen LogP contribution is -2.23. The van der Waals surface area contributed by atoms with Crippen LogP contribution in [0.1, 0.15) is 31.7 Å². The molecule has 5 rings (SSSR count). The van der Waals surface area contributed by atoms with Crippen LogP contribution in [0.3, 0.4) is 0 Å². The second-order valence-electron chi connectivity index (χ2n) is 7.69. The highest BCUT2D eigenvalue weighted by atomic mass is 35.5. The van der Waals surface area contributed by atoms with Crippen LogP contribution in [0, 0.1) is 0 Å². The molecule has 0 bridgehead atoms. The predicted molar refractivity (Wildman–Crippen MR) is 131 cm³/mol. The van der Waals surface area contributed by atoms with E-state index in [1.54, 1.807) is 22.5 Å². The number of fused-ring (bicyclic) bond motifs is 4. The lowest BCUT2D eigenvalue weighted by atomic mass is 10.1. The van der Waals surface area contributed by atoms with Crippen LogP contribution in [0.4, 0.5) is 0 Å². The number of hydrogen-bond acceptors (Lipinski definition) is 5. The van der Waals surface area contributed by atoms with E-state index in [1.165, 1.54) is 0 Å². The molecule has 0 N–H and O–H groups in total. The molecule has 6 nitrogen and oxygen atoms in total. The van der Waals surface area contributed by atoms with Gasteiger partial charge in [0.05, 0.1) is 16.4 Å². The highest BCUT2D eigenvalue weighted by molar-refractivity contribution is 7.98. The van der Waals surface area contributed by atoms with Gasteiger partial charge in [0.25, 0.3) is 5.56 Å². The summed E-state index contributed by atoms with van der Waals surface area (Å²) >= 11 is 7.93. The van der Waals surface area contributed by atoms with E-state index in [9.17, 15) is 4.79 Å². The van der Waals surface area contributed by atoms with Crippen molar-refractivity contribution >= 4 is 50.9 Å². The first kappa shape index (κ1) is 21.0. The van der Waals surface area contributed by atoms with Gasteiger partial charge in [-0.15, -0.1) is 10.2 Å². The minimum Gasteiger partial charge on any atom is -0.276 e. The smallest absolute Gasteiger partial charge is 0.262 e. The number of rotatable bonds is 7. The van der Waals surface area contributed by atoms with Crippen molar-refractivity contribution in [1.82, 2.24) is 24.1 Å². The van der Waals surface area contributed by atoms with Gasteiger partial charge < -0.3 is 0 Å². The zero-order chi connectivity index (χ0) is 22.1. The summed E-state index contributed by atoms with van der Waals surface area (Å²) in [5.74, 6) is 1.25. The van der Waals surface area contributed by atoms with E-state index in [-0.39, 0.29) is 5.56 Å². The molecule has 0 amide bonds. The third-order valence-electron chi connectivity index (χ3n) is 5.62. The summed E-state index contributed by atoms with van der Waals surface area (Å²) in [4.78, 5) is 17.7. The largest absolute Gasteiger partial charge is 0.276 e. The fourth-order valence-electron chi connectivity index (χ4n) is 4.00. The molecule has 32 heavy (non-hydrogen) atoms. The standard InChI is InChI=1S/C24H22ClN5OS/c1-2-3-6-14-29-22(31)18-8-4-5-10-20(18)30-23(29)27-28-24(30)32-15-16-11-12-19(25)17-9-7-13-26-21(16)17/h4-5,7-13H,2-3,6,14-15H2,1H3. The molecule has 8 heteroatoms. The van der Waals surface area contributed by atoms with E-state index in [1.807, 2.05) is 52.9 Å². The van der Waals surface area contributed by atoms with Crippen LogP contribution in [0.25, 0.3) is 27.6 Å². The second kappa shape index (κ2) is 8.92. The second-order valence-corrected chi connectivity index (χ2v) is 9.04. The fraction of sp³-hybridized carbons (Fsp3) is 0.250. The van der Waals surface area contributed by atoms with Crippen molar-refractivity contribution in [2.75, 3.05) is 0 Å².